The summed E-state index contributed by atoms with van der Waals surface area (Å²) in [5.74, 6) is -1.75. The maximum Gasteiger partial charge on any atom is 0.374 e. The molecule has 0 radical (unpaired) electrons. The number of methoxy groups -OCH3 is 3. The van der Waals surface area contributed by atoms with Crippen LogP contribution in [0.3, 0.4) is 0 Å². The number of carboxylic acid groups (broad SMARTS) is 1. The average molecular weight is 542 g/mol. The van der Waals surface area contributed by atoms with E-state index in [2.05, 4.69) is 9.97 Å². The normalized spacial score (nSPS) is 19.6. The van der Waals surface area contributed by atoms with E-state index in [9.17, 15) is 14.4 Å². The zero-order chi connectivity index (χ0) is 28.1. The Morgan fingerprint density at radius 1 is 1.00 bits per heavy atom. The van der Waals surface area contributed by atoms with Gasteiger partial charge in [0.1, 0.15) is 6.10 Å². The highest BCUT2D eigenvalue weighted by molar-refractivity contribution is 6.33. The average Bonchev–Trinajstić information content (AvgIpc) is 2.94. The molecule has 1 aromatic carbocycles. The minimum atomic E-state index is -1.15. The first-order chi connectivity index (χ1) is 18.8. The van der Waals surface area contributed by atoms with Gasteiger partial charge in [-0.3, -0.25) is 14.6 Å². The Kier molecular flexibility index (Phi) is 8.62. The summed E-state index contributed by atoms with van der Waals surface area (Å²) in [6.07, 6.45) is 1.78. The second-order valence-corrected chi connectivity index (χ2v) is 9.11. The van der Waals surface area contributed by atoms with Gasteiger partial charge in [0.15, 0.2) is 11.5 Å². The molecule has 2 aromatic rings. The molecule has 1 saturated carbocycles. The van der Waals surface area contributed by atoms with Crippen molar-refractivity contribution in [3.8, 4) is 23.4 Å². The lowest BCUT2D eigenvalue weighted by Crippen LogP contribution is -2.37. The molecule has 0 saturated heterocycles. The van der Waals surface area contributed by atoms with E-state index in [-0.39, 0.29) is 18.0 Å². The van der Waals surface area contributed by atoms with Gasteiger partial charge in [-0.1, -0.05) is 0 Å². The van der Waals surface area contributed by atoms with Crippen molar-refractivity contribution in [3.05, 3.63) is 35.0 Å². The van der Waals surface area contributed by atoms with Crippen molar-refractivity contribution in [2.24, 2.45) is 4.99 Å². The number of carbonyl (C=O) groups excluding carboxylic acids is 2. The Morgan fingerprint density at radius 2 is 1.79 bits per heavy atom. The van der Waals surface area contributed by atoms with Gasteiger partial charge in [-0.15, -0.1) is 0 Å². The van der Waals surface area contributed by atoms with Crippen LogP contribution in [-0.4, -0.2) is 78.6 Å². The summed E-state index contributed by atoms with van der Waals surface area (Å²) >= 11 is 0. The number of hydrogen-bond acceptors (Lipinski definition) is 11. The standard InChI is InChI=1S/C27H31N3O9/c1-5-38-22-11-15-16-10-14(39-26(34)20(31)8-9-23(32)33)6-7-19(16)29-24(17(15)12-21(22)35-2)18-13-28-27(37-4)30-25(18)36-3/h11-14,16,19H,5-10H2,1-4H3,(H,32,33)/t14-,16-,19-/m1/s1. The number of carboxylic acids is 1. The van der Waals surface area contributed by atoms with Gasteiger partial charge in [0.2, 0.25) is 11.7 Å². The van der Waals surface area contributed by atoms with E-state index in [4.69, 9.17) is 33.8 Å². The first kappa shape index (κ1) is 27.8. The molecular weight excluding hydrogens is 510 g/mol. The topological polar surface area (TPSA) is 156 Å². The number of Topliss-reactive ketones (excluding diaryl/α,β-unsaturated/α-hetero) is 1. The van der Waals surface area contributed by atoms with Gasteiger partial charge in [0.25, 0.3) is 0 Å². The van der Waals surface area contributed by atoms with Gasteiger partial charge in [-0.25, -0.2) is 9.78 Å². The van der Waals surface area contributed by atoms with Crippen LogP contribution in [0, 0.1) is 0 Å². The first-order valence-corrected chi connectivity index (χ1v) is 12.6. The number of ether oxygens (including phenoxy) is 5. The summed E-state index contributed by atoms with van der Waals surface area (Å²) < 4.78 is 27.6. The zero-order valence-electron chi connectivity index (χ0n) is 22.3. The molecule has 2 aliphatic rings. The van der Waals surface area contributed by atoms with Gasteiger partial charge in [-0.2, -0.15) is 4.98 Å². The number of esters is 1. The van der Waals surface area contributed by atoms with Gasteiger partial charge >= 0.3 is 17.9 Å². The fraction of sp³-hybridized carbons (Fsp3) is 0.481. The van der Waals surface area contributed by atoms with Crippen LogP contribution in [0.4, 0.5) is 0 Å². The number of rotatable bonds is 11. The molecule has 2 heterocycles. The van der Waals surface area contributed by atoms with E-state index < -0.39 is 36.7 Å². The molecular formula is C27H31N3O9. The summed E-state index contributed by atoms with van der Waals surface area (Å²) in [6.45, 7) is 2.31. The van der Waals surface area contributed by atoms with Gasteiger partial charge < -0.3 is 28.8 Å². The van der Waals surface area contributed by atoms with Crippen molar-refractivity contribution >= 4 is 23.4 Å². The third kappa shape index (κ3) is 5.94. The van der Waals surface area contributed by atoms with Crippen LogP contribution < -0.4 is 18.9 Å². The maximum atomic E-state index is 12.3. The summed E-state index contributed by atoms with van der Waals surface area (Å²) in [7, 11) is 4.53. The number of nitrogens with zero attached hydrogens (tertiary/aromatic N) is 3. The number of hydrogen-bond donors (Lipinski definition) is 1. The summed E-state index contributed by atoms with van der Waals surface area (Å²) in [4.78, 5) is 48.8. The van der Waals surface area contributed by atoms with E-state index in [1.165, 1.54) is 14.2 Å². The fourth-order valence-corrected chi connectivity index (χ4v) is 4.98. The molecule has 4 rings (SSSR count). The molecule has 0 amide bonds. The predicted octanol–water partition coefficient (Wildman–Crippen LogP) is 2.73. The molecule has 3 atom stereocenters. The highest BCUT2D eigenvalue weighted by Gasteiger charge is 2.40. The van der Waals surface area contributed by atoms with E-state index >= 15 is 0 Å². The molecule has 0 spiro atoms. The van der Waals surface area contributed by atoms with E-state index in [0.717, 1.165) is 11.1 Å². The molecule has 0 unspecified atom stereocenters. The van der Waals surface area contributed by atoms with Gasteiger partial charge in [0, 0.05) is 24.1 Å². The first-order valence-electron chi connectivity index (χ1n) is 12.6. The maximum absolute atomic E-state index is 12.3. The van der Waals surface area contributed by atoms with Crippen molar-refractivity contribution in [1.82, 2.24) is 9.97 Å². The van der Waals surface area contributed by atoms with E-state index in [1.807, 2.05) is 19.1 Å². The van der Waals surface area contributed by atoms with Crippen molar-refractivity contribution in [2.45, 2.75) is 57.1 Å². The van der Waals surface area contributed by atoms with Crippen molar-refractivity contribution in [1.29, 1.82) is 0 Å². The Hall–Kier alpha value is -4.22. The molecule has 1 aliphatic carbocycles. The minimum absolute atomic E-state index is 0.139. The molecule has 12 heteroatoms. The van der Waals surface area contributed by atoms with Crippen LogP contribution in [0.1, 0.15) is 61.6 Å². The second-order valence-electron chi connectivity index (χ2n) is 9.11. The number of aromatic nitrogens is 2. The van der Waals surface area contributed by atoms with Crippen molar-refractivity contribution in [2.75, 3.05) is 27.9 Å². The summed E-state index contributed by atoms with van der Waals surface area (Å²) in [5.41, 5.74) is 2.91. The Morgan fingerprint density at radius 3 is 2.46 bits per heavy atom. The molecule has 208 valence electrons. The number of carbonyl (C=O) groups is 3. The Bertz CT molecular complexity index is 1290. The minimum Gasteiger partial charge on any atom is -0.493 e. The smallest absolute Gasteiger partial charge is 0.374 e. The number of fused-ring (bicyclic) bond motifs is 3. The molecule has 1 N–H and O–H groups in total. The number of ketones is 1. The van der Waals surface area contributed by atoms with Crippen LogP contribution in [0.2, 0.25) is 0 Å². The number of benzene rings is 1. The van der Waals surface area contributed by atoms with Crippen molar-refractivity contribution < 1.29 is 43.2 Å². The van der Waals surface area contributed by atoms with Crippen LogP contribution >= 0.6 is 0 Å². The largest absolute Gasteiger partial charge is 0.493 e. The van der Waals surface area contributed by atoms with E-state index in [0.29, 0.717) is 54.5 Å². The summed E-state index contributed by atoms with van der Waals surface area (Å²) in [5, 5.41) is 8.79. The zero-order valence-corrected chi connectivity index (χ0v) is 22.3. The van der Waals surface area contributed by atoms with Crippen LogP contribution in [0.25, 0.3) is 0 Å². The Labute approximate surface area is 225 Å². The lowest BCUT2D eigenvalue weighted by Gasteiger charge is -2.38. The van der Waals surface area contributed by atoms with Gasteiger partial charge in [-0.05, 0) is 43.9 Å². The second kappa shape index (κ2) is 12.1. The Balaban J connectivity index is 1.70. The van der Waals surface area contributed by atoms with E-state index in [1.54, 1.807) is 13.3 Å². The van der Waals surface area contributed by atoms with Crippen molar-refractivity contribution in [3.63, 3.8) is 0 Å². The van der Waals surface area contributed by atoms with Crippen LogP contribution in [0.5, 0.6) is 23.4 Å². The number of aliphatic carboxylic acids is 1. The third-order valence-electron chi connectivity index (χ3n) is 6.78. The molecule has 39 heavy (non-hydrogen) atoms. The molecule has 1 aliphatic heterocycles. The summed E-state index contributed by atoms with van der Waals surface area (Å²) in [6, 6.07) is 3.78. The molecule has 12 nitrogen and oxygen atoms in total. The van der Waals surface area contributed by atoms with Crippen LogP contribution in [0.15, 0.2) is 23.3 Å². The SMILES string of the molecule is CCOc1cc2c(cc1OC)C(c1cnc(OC)nc1OC)=N[C@@H]1CC[C@@H](OC(=O)C(=O)CCC(=O)O)C[C@H]21. The third-order valence-corrected chi connectivity index (χ3v) is 6.78. The highest BCUT2D eigenvalue weighted by atomic mass is 16.5. The highest BCUT2D eigenvalue weighted by Crippen LogP contribution is 2.46. The van der Waals surface area contributed by atoms with Crippen LogP contribution in [-0.2, 0) is 19.1 Å². The monoisotopic (exact) mass is 541 g/mol. The molecule has 0 bridgehead atoms. The lowest BCUT2D eigenvalue weighted by atomic mass is 9.74. The fourth-order valence-electron chi connectivity index (χ4n) is 4.98. The molecule has 1 aromatic heterocycles. The molecule has 1 fully saturated rings. The lowest BCUT2D eigenvalue weighted by molar-refractivity contribution is -0.159. The van der Waals surface area contributed by atoms with Gasteiger partial charge in [0.05, 0.1) is 51.7 Å². The predicted molar refractivity (Wildman–Crippen MR) is 137 cm³/mol. The number of aliphatic imine (C=N–C) groups is 1. The quantitative estimate of drug-likeness (QED) is 0.330.